The number of carbonyl (C=O) groups excluding carboxylic acids is 1. The summed E-state index contributed by atoms with van der Waals surface area (Å²) in [4.78, 5) is 12.1. The van der Waals surface area contributed by atoms with Crippen molar-refractivity contribution in [3.8, 4) is 17.3 Å². The SMILES string of the molecule is O=C(NCCOc1ccc2nnc(-c3cccc(F)c3)n2n1)c1ccc(Cl)cc1. The zero-order valence-corrected chi connectivity index (χ0v) is 15.8. The van der Waals surface area contributed by atoms with Crippen molar-refractivity contribution in [3.63, 3.8) is 0 Å². The minimum atomic E-state index is -0.372. The van der Waals surface area contributed by atoms with Crippen molar-refractivity contribution in [2.45, 2.75) is 0 Å². The summed E-state index contributed by atoms with van der Waals surface area (Å²) in [6.07, 6.45) is 0. The zero-order valence-electron chi connectivity index (χ0n) is 15.0. The van der Waals surface area contributed by atoms with Crippen LogP contribution < -0.4 is 10.1 Å². The minimum Gasteiger partial charge on any atom is -0.475 e. The van der Waals surface area contributed by atoms with E-state index < -0.39 is 0 Å². The summed E-state index contributed by atoms with van der Waals surface area (Å²) >= 11 is 5.81. The number of hydrogen-bond donors (Lipinski definition) is 1. The molecule has 0 saturated carbocycles. The molecular formula is C20H15ClFN5O2. The highest BCUT2D eigenvalue weighted by atomic mass is 35.5. The Morgan fingerprint density at radius 3 is 2.72 bits per heavy atom. The molecule has 0 atom stereocenters. The van der Waals surface area contributed by atoms with Crippen LogP contribution in [0.4, 0.5) is 4.39 Å². The van der Waals surface area contributed by atoms with E-state index in [1.54, 1.807) is 48.5 Å². The lowest BCUT2D eigenvalue weighted by molar-refractivity contribution is 0.0946. The summed E-state index contributed by atoms with van der Waals surface area (Å²) in [5.41, 5.74) is 1.57. The van der Waals surface area contributed by atoms with Gasteiger partial charge >= 0.3 is 0 Å². The summed E-state index contributed by atoms with van der Waals surface area (Å²) < 4.78 is 20.6. The van der Waals surface area contributed by atoms with Gasteiger partial charge in [-0.15, -0.1) is 15.3 Å². The zero-order chi connectivity index (χ0) is 20.2. The van der Waals surface area contributed by atoms with Crippen molar-refractivity contribution in [1.29, 1.82) is 0 Å². The largest absolute Gasteiger partial charge is 0.475 e. The maximum absolute atomic E-state index is 13.5. The van der Waals surface area contributed by atoms with Gasteiger partial charge in [0.1, 0.15) is 12.4 Å². The number of hydrogen-bond acceptors (Lipinski definition) is 5. The van der Waals surface area contributed by atoms with Crippen LogP contribution in [0.1, 0.15) is 10.4 Å². The molecule has 0 aliphatic carbocycles. The van der Waals surface area contributed by atoms with E-state index in [0.717, 1.165) is 0 Å². The second-order valence-electron chi connectivity index (χ2n) is 6.09. The van der Waals surface area contributed by atoms with E-state index in [1.165, 1.54) is 16.6 Å². The summed E-state index contributed by atoms with van der Waals surface area (Å²) in [7, 11) is 0. The number of ether oxygens (including phenoxy) is 1. The fourth-order valence-electron chi connectivity index (χ4n) is 2.68. The molecule has 1 amide bonds. The smallest absolute Gasteiger partial charge is 0.251 e. The molecule has 0 unspecified atom stereocenters. The van der Waals surface area contributed by atoms with Gasteiger partial charge in [-0.25, -0.2) is 4.39 Å². The number of aromatic nitrogens is 4. The molecule has 0 fully saturated rings. The standard InChI is InChI=1S/C20H15ClFN5O2/c21-15-6-4-13(5-7-15)20(28)23-10-11-29-18-9-8-17-24-25-19(27(17)26-18)14-2-1-3-16(22)12-14/h1-9,12H,10-11H2,(H,23,28). The first-order valence-electron chi connectivity index (χ1n) is 8.75. The fourth-order valence-corrected chi connectivity index (χ4v) is 2.81. The summed E-state index contributed by atoms with van der Waals surface area (Å²) in [5.74, 6) is 0.139. The first-order chi connectivity index (χ1) is 14.1. The predicted molar refractivity (Wildman–Crippen MR) is 105 cm³/mol. The van der Waals surface area contributed by atoms with Gasteiger partial charge in [0.15, 0.2) is 11.5 Å². The third-order valence-corrected chi connectivity index (χ3v) is 4.32. The first kappa shape index (κ1) is 18.8. The lowest BCUT2D eigenvalue weighted by Crippen LogP contribution is -2.28. The lowest BCUT2D eigenvalue weighted by Gasteiger charge is -2.08. The van der Waals surface area contributed by atoms with Gasteiger partial charge in [-0.3, -0.25) is 4.79 Å². The van der Waals surface area contributed by atoms with Crippen LogP contribution in [0.2, 0.25) is 5.02 Å². The normalized spacial score (nSPS) is 10.8. The van der Waals surface area contributed by atoms with Crippen LogP contribution in [-0.4, -0.2) is 38.9 Å². The molecule has 7 nitrogen and oxygen atoms in total. The number of amides is 1. The molecule has 29 heavy (non-hydrogen) atoms. The van der Waals surface area contributed by atoms with Gasteiger partial charge in [0.05, 0.1) is 6.54 Å². The van der Waals surface area contributed by atoms with E-state index in [-0.39, 0.29) is 18.3 Å². The van der Waals surface area contributed by atoms with Crippen LogP contribution in [0.3, 0.4) is 0 Å². The molecule has 9 heteroatoms. The summed E-state index contributed by atoms with van der Waals surface area (Å²) in [5, 5.41) is 15.8. The molecule has 4 rings (SSSR count). The second-order valence-corrected chi connectivity index (χ2v) is 6.52. The molecule has 2 aromatic carbocycles. The van der Waals surface area contributed by atoms with Gasteiger partial charge in [-0.05, 0) is 42.5 Å². The van der Waals surface area contributed by atoms with Gasteiger partial charge < -0.3 is 10.1 Å². The van der Waals surface area contributed by atoms with Crippen LogP contribution in [0.15, 0.2) is 60.7 Å². The molecule has 2 heterocycles. The molecule has 1 N–H and O–H groups in total. The number of benzene rings is 2. The molecule has 0 aliphatic rings. The van der Waals surface area contributed by atoms with Crippen LogP contribution in [-0.2, 0) is 0 Å². The van der Waals surface area contributed by atoms with E-state index in [2.05, 4.69) is 20.6 Å². The van der Waals surface area contributed by atoms with E-state index >= 15 is 0 Å². The number of nitrogens with one attached hydrogen (secondary N) is 1. The van der Waals surface area contributed by atoms with Crippen LogP contribution in [0.25, 0.3) is 17.0 Å². The molecule has 2 aromatic heterocycles. The molecule has 146 valence electrons. The Labute approximate surface area is 170 Å². The number of rotatable bonds is 6. The van der Waals surface area contributed by atoms with Crippen molar-refractivity contribution in [2.75, 3.05) is 13.2 Å². The summed E-state index contributed by atoms with van der Waals surface area (Å²) in [6, 6.07) is 16.0. The van der Waals surface area contributed by atoms with Crippen molar-refractivity contribution in [3.05, 3.63) is 77.1 Å². The average Bonchev–Trinajstić information content (AvgIpc) is 3.15. The van der Waals surface area contributed by atoms with Gasteiger partial charge in [0, 0.05) is 22.2 Å². The highest BCUT2D eigenvalue weighted by Crippen LogP contribution is 2.19. The Kier molecular flexibility index (Phi) is 5.35. The van der Waals surface area contributed by atoms with E-state index in [1.807, 2.05) is 0 Å². The molecule has 0 bridgehead atoms. The quantitative estimate of drug-likeness (QED) is 0.492. The maximum atomic E-state index is 13.5. The Bertz CT molecular complexity index is 1160. The Hall–Kier alpha value is -3.52. The van der Waals surface area contributed by atoms with Gasteiger partial charge in [-0.1, -0.05) is 23.7 Å². The summed E-state index contributed by atoms with van der Waals surface area (Å²) in [6.45, 7) is 0.509. The van der Waals surface area contributed by atoms with Gasteiger partial charge in [0.2, 0.25) is 5.88 Å². The first-order valence-corrected chi connectivity index (χ1v) is 9.13. The second kappa shape index (κ2) is 8.24. The van der Waals surface area contributed by atoms with Crippen molar-refractivity contribution >= 4 is 23.2 Å². The maximum Gasteiger partial charge on any atom is 0.251 e. The van der Waals surface area contributed by atoms with Gasteiger partial charge in [0.25, 0.3) is 5.91 Å². The fraction of sp³-hybridized carbons (Fsp3) is 0.100. The van der Waals surface area contributed by atoms with Crippen molar-refractivity contribution in [1.82, 2.24) is 25.1 Å². The molecule has 0 saturated heterocycles. The van der Waals surface area contributed by atoms with E-state index in [9.17, 15) is 9.18 Å². The number of nitrogens with zero attached hydrogens (tertiary/aromatic N) is 4. The van der Waals surface area contributed by atoms with Crippen molar-refractivity contribution < 1.29 is 13.9 Å². The predicted octanol–water partition coefficient (Wildman–Crippen LogP) is 3.39. The lowest BCUT2D eigenvalue weighted by atomic mass is 10.2. The average molecular weight is 412 g/mol. The minimum absolute atomic E-state index is 0.218. The highest BCUT2D eigenvalue weighted by molar-refractivity contribution is 6.30. The molecule has 0 radical (unpaired) electrons. The third kappa shape index (κ3) is 4.33. The monoisotopic (exact) mass is 411 g/mol. The number of carbonyl (C=O) groups is 1. The Balaban J connectivity index is 1.40. The topological polar surface area (TPSA) is 81.4 Å². The van der Waals surface area contributed by atoms with Crippen molar-refractivity contribution in [2.24, 2.45) is 0 Å². The molecule has 0 aliphatic heterocycles. The Morgan fingerprint density at radius 1 is 1.10 bits per heavy atom. The molecule has 0 spiro atoms. The molecule has 4 aromatic rings. The third-order valence-electron chi connectivity index (χ3n) is 4.07. The highest BCUT2D eigenvalue weighted by Gasteiger charge is 2.11. The van der Waals surface area contributed by atoms with E-state index in [4.69, 9.17) is 16.3 Å². The van der Waals surface area contributed by atoms with Crippen LogP contribution in [0, 0.1) is 5.82 Å². The Morgan fingerprint density at radius 2 is 1.93 bits per heavy atom. The van der Waals surface area contributed by atoms with E-state index in [0.29, 0.717) is 40.0 Å². The number of halogens is 2. The van der Waals surface area contributed by atoms with Crippen LogP contribution >= 0.6 is 11.6 Å². The molecular weight excluding hydrogens is 397 g/mol. The van der Waals surface area contributed by atoms with Crippen LogP contribution in [0.5, 0.6) is 5.88 Å². The van der Waals surface area contributed by atoms with Gasteiger partial charge in [-0.2, -0.15) is 4.52 Å². The number of fused-ring (bicyclic) bond motifs is 1.